The number of rotatable bonds is 4. The third kappa shape index (κ3) is 3.25. The third-order valence-corrected chi connectivity index (χ3v) is 3.06. The molecule has 2 atom stereocenters. The van der Waals surface area contributed by atoms with Crippen LogP contribution in [0.4, 0.5) is 0 Å². The Morgan fingerprint density at radius 2 is 1.93 bits per heavy atom. The van der Waals surface area contributed by atoms with Crippen LogP contribution in [0.25, 0.3) is 0 Å². The highest BCUT2D eigenvalue weighted by atomic mass is 35.5. The molecule has 1 aromatic carbocycles. The molecule has 0 aliphatic heterocycles. The smallest absolute Gasteiger partial charge is 0.156 e. The molecule has 4 N–H and O–H groups in total. The predicted molar refractivity (Wildman–Crippen MR) is 60.0 cm³/mol. The fraction of sp³-hybridized carbons (Fsp3) is 0.333. The van der Waals surface area contributed by atoms with E-state index in [-0.39, 0.29) is 12.3 Å². The second-order valence-corrected chi connectivity index (χ2v) is 4.58. The highest BCUT2D eigenvalue weighted by molar-refractivity contribution is 7.79. The molecule has 0 aliphatic rings. The zero-order valence-corrected chi connectivity index (χ0v) is 9.46. The second kappa shape index (κ2) is 5.05. The van der Waals surface area contributed by atoms with Crippen molar-refractivity contribution in [1.29, 1.82) is 0 Å². The molecular weight excluding hydrogens is 238 g/mol. The van der Waals surface area contributed by atoms with Crippen molar-refractivity contribution in [1.82, 2.24) is 0 Å². The Morgan fingerprint density at radius 3 is 2.33 bits per heavy atom. The molecule has 0 spiro atoms. The van der Waals surface area contributed by atoms with Crippen LogP contribution in [0.5, 0.6) is 0 Å². The Kier molecular flexibility index (Phi) is 4.24. The maximum atomic E-state index is 10.7. The molecule has 0 saturated heterocycles. The van der Waals surface area contributed by atoms with Crippen molar-refractivity contribution in [3.8, 4) is 0 Å². The van der Waals surface area contributed by atoms with Crippen LogP contribution in [0.15, 0.2) is 24.3 Å². The lowest BCUT2D eigenvalue weighted by atomic mass is 9.96. The predicted octanol–water partition coefficient (Wildman–Crippen LogP) is 0.708. The summed E-state index contributed by atoms with van der Waals surface area (Å²) in [7, 11) is 0. The summed E-state index contributed by atoms with van der Waals surface area (Å²) in [6, 6.07) is 6.36. The van der Waals surface area contributed by atoms with Crippen LogP contribution in [-0.4, -0.2) is 26.2 Å². The Morgan fingerprint density at radius 1 is 1.40 bits per heavy atom. The molecule has 1 aromatic rings. The van der Waals surface area contributed by atoms with Crippen molar-refractivity contribution in [3.05, 3.63) is 34.9 Å². The first-order valence-corrected chi connectivity index (χ1v) is 5.89. The molecule has 6 heteroatoms. The molecule has 0 aromatic heterocycles. The first-order chi connectivity index (χ1) is 6.98. The average Bonchev–Trinajstić information content (AvgIpc) is 2.17. The van der Waals surface area contributed by atoms with E-state index in [1.807, 2.05) is 0 Å². The summed E-state index contributed by atoms with van der Waals surface area (Å²) in [5, 5.41) is 10.6. The Labute approximate surface area is 95.3 Å². The van der Waals surface area contributed by atoms with Gasteiger partial charge in [0.2, 0.25) is 0 Å². The first kappa shape index (κ1) is 12.6. The van der Waals surface area contributed by atoms with Crippen molar-refractivity contribution in [2.45, 2.75) is 5.60 Å². The average molecular weight is 250 g/mol. The van der Waals surface area contributed by atoms with E-state index < -0.39 is 16.7 Å². The van der Waals surface area contributed by atoms with E-state index in [0.29, 0.717) is 10.6 Å². The van der Waals surface area contributed by atoms with Crippen molar-refractivity contribution in [2.24, 2.45) is 5.73 Å². The fourth-order valence-corrected chi connectivity index (χ4v) is 2.04. The number of hydrogen-bond acceptors (Lipinski definition) is 3. The normalized spacial score (nSPS) is 17.1. The van der Waals surface area contributed by atoms with Gasteiger partial charge in [-0.15, -0.1) is 0 Å². The zero-order valence-electron chi connectivity index (χ0n) is 7.89. The van der Waals surface area contributed by atoms with E-state index in [1.165, 1.54) is 0 Å². The second-order valence-electron chi connectivity index (χ2n) is 3.21. The van der Waals surface area contributed by atoms with Gasteiger partial charge in [-0.1, -0.05) is 23.7 Å². The fourth-order valence-electron chi connectivity index (χ4n) is 1.22. The number of halogens is 1. The lowest BCUT2D eigenvalue weighted by Gasteiger charge is -2.25. The van der Waals surface area contributed by atoms with Gasteiger partial charge in [-0.3, -0.25) is 0 Å². The van der Waals surface area contributed by atoms with Crippen LogP contribution in [-0.2, 0) is 16.7 Å². The minimum atomic E-state index is -2.10. The van der Waals surface area contributed by atoms with E-state index in [4.69, 9.17) is 21.9 Å². The van der Waals surface area contributed by atoms with Crippen LogP contribution < -0.4 is 5.73 Å². The maximum Gasteiger partial charge on any atom is 0.156 e. The number of nitrogens with two attached hydrogens (primary N) is 1. The monoisotopic (exact) mass is 249 g/mol. The molecule has 0 radical (unpaired) electrons. The summed E-state index contributed by atoms with van der Waals surface area (Å²) in [4.78, 5) is 0. The molecule has 1 rings (SSSR count). The van der Waals surface area contributed by atoms with E-state index in [9.17, 15) is 9.32 Å². The van der Waals surface area contributed by atoms with E-state index in [1.54, 1.807) is 24.3 Å². The van der Waals surface area contributed by atoms with Gasteiger partial charge < -0.3 is 15.4 Å². The van der Waals surface area contributed by atoms with Gasteiger partial charge in [0.1, 0.15) is 5.60 Å². The largest absolute Gasteiger partial charge is 0.383 e. The maximum absolute atomic E-state index is 10.7. The van der Waals surface area contributed by atoms with Gasteiger partial charge in [-0.05, 0) is 17.7 Å². The molecule has 0 bridgehead atoms. The zero-order chi connectivity index (χ0) is 11.5. The van der Waals surface area contributed by atoms with Gasteiger partial charge in [0.25, 0.3) is 0 Å². The van der Waals surface area contributed by atoms with Gasteiger partial charge >= 0.3 is 0 Å². The summed E-state index contributed by atoms with van der Waals surface area (Å²) in [5.74, 6) is -0.314. The van der Waals surface area contributed by atoms with E-state index in [0.717, 1.165) is 0 Å². The highest BCUT2D eigenvalue weighted by Crippen LogP contribution is 2.22. The van der Waals surface area contributed by atoms with Crippen molar-refractivity contribution in [3.63, 3.8) is 0 Å². The van der Waals surface area contributed by atoms with E-state index >= 15 is 0 Å². The molecule has 0 fully saturated rings. The molecule has 15 heavy (non-hydrogen) atoms. The summed E-state index contributed by atoms with van der Waals surface area (Å²) in [5.41, 5.74) is 4.40. The minimum absolute atomic E-state index is 0.124. The molecule has 2 unspecified atom stereocenters. The molecule has 0 aliphatic carbocycles. The molecule has 0 heterocycles. The third-order valence-electron chi connectivity index (χ3n) is 2.08. The first-order valence-electron chi connectivity index (χ1n) is 4.24. The summed E-state index contributed by atoms with van der Waals surface area (Å²) >= 11 is 3.58. The molecule has 84 valence electrons. The van der Waals surface area contributed by atoms with Crippen molar-refractivity contribution < 1.29 is 13.9 Å². The Bertz CT molecular complexity index is 357. The Hall–Kier alpha value is -0.460. The molecule has 0 saturated carbocycles. The topological polar surface area (TPSA) is 83.5 Å². The number of aliphatic hydroxyl groups is 1. The van der Waals surface area contributed by atoms with Crippen LogP contribution in [0, 0.1) is 0 Å². The Balaban J connectivity index is 3.00. The minimum Gasteiger partial charge on any atom is -0.383 e. The van der Waals surface area contributed by atoms with Gasteiger partial charge in [0, 0.05) is 11.6 Å². The van der Waals surface area contributed by atoms with Crippen LogP contribution in [0.1, 0.15) is 5.56 Å². The molecular formula is C9H12ClNO3S. The van der Waals surface area contributed by atoms with E-state index in [2.05, 4.69) is 0 Å². The van der Waals surface area contributed by atoms with Gasteiger partial charge in [-0.2, -0.15) is 0 Å². The number of benzene rings is 1. The van der Waals surface area contributed by atoms with Crippen molar-refractivity contribution in [2.75, 3.05) is 12.3 Å². The van der Waals surface area contributed by atoms with Crippen LogP contribution in [0.3, 0.4) is 0 Å². The van der Waals surface area contributed by atoms with Crippen LogP contribution in [0.2, 0.25) is 5.02 Å². The summed E-state index contributed by atoms with van der Waals surface area (Å²) in [6.07, 6.45) is 0. The molecule has 0 amide bonds. The van der Waals surface area contributed by atoms with Gasteiger partial charge in [0.15, 0.2) is 11.1 Å². The molecule has 4 nitrogen and oxygen atoms in total. The summed E-state index contributed by atoms with van der Waals surface area (Å²) < 4.78 is 19.4. The van der Waals surface area contributed by atoms with Gasteiger partial charge in [0.05, 0.1) is 5.75 Å². The summed E-state index contributed by atoms with van der Waals surface area (Å²) in [6.45, 7) is -0.124. The van der Waals surface area contributed by atoms with Crippen molar-refractivity contribution >= 4 is 22.7 Å². The quantitative estimate of drug-likeness (QED) is 0.687. The van der Waals surface area contributed by atoms with Crippen LogP contribution >= 0.6 is 11.6 Å². The lowest BCUT2D eigenvalue weighted by molar-refractivity contribution is 0.0699. The van der Waals surface area contributed by atoms with Gasteiger partial charge in [-0.25, -0.2) is 4.21 Å². The number of hydrogen-bond donors (Lipinski definition) is 3. The highest BCUT2D eigenvalue weighted by Gasteiger charge is 2.29. The standard InChI is InChI=1S/C9H12ClNO3S/c10-8-3-1-7(2-4-8)9(12,5-11)6-15(13)14/h1-4,12H,5-6,11H2,(H,13,14). The SMILES string of the molecule is NCC(O)(CS(=O)O)c1ccc(Cl)cc1. The lowest BCUT2D eigenvalue weighted by Crippen LogP contribution is -2.40.